The summed E-state index contributed by atoms with van der Waals surface area (Å²) in [6, 6.07) is 8.49. The van der Waals surface area contributed by atoms with Crippen LogP contribution in [0.25, 0.3) is 0 Å². The highest BCUT2D eigenvalue weighted by Gasteiger charge is 2.53. The van der Waals surface area contributed by atoms with Crippen molar-refractivity contribution in [3.63, 3.8) is 0 Å². The van der Waals surface area contributed by atoms with Gasteiger partial charge in [-0.25, -0.2) is 0 Å². The number of carbonyl (C=O) groups is 1. The highest BCUT2D eigenvalue weighted by Crippen LogP contribution is 2.40. The van der Waals surface area contributed by atoms with Crippen molar-refractivity contribution in [2.45, 2.75) is 51.6 Å². The Hall–Kier alpha value is -1.19. The fourth-order valence-electron chi connectivity index (χ4n) is 3.09. The molecule has 2 aliphatic rings. The lowest BCUT2D eigenvalue weighted by Gasteiger charge is -2.21. The second kappa shape index (κ2) is 4.43. The average Bonchev–Trinajstić information content (AvgIpc) is 2.79. The number of hydrogen-bond acceptors (Lipinski definition) is 3. The zero-order chi connectivity index (χ0) is 13.6. The zero-order valence-electron chi connectivity index (χ0n) is 11.7. The lowest BCUT2D eigenvalue weighted by Crippen LogP contribution is -2.26. The molecule has 19 heavy (non-hydrogen) atoms. The van der Waals surface area contributed by atoms with E-state index in [1.54, 1.807) is 0 Å². The molecule has 0 bridgehead atoms. The first kappa shape index (κ1) is 12.8. The molecule has 1 saturated carbocycles. The molecular formula is C16H20O3. The molecule has 3 rings (SSSR count). The molecule has 0 N–H and O–H groups in total. The van der Waals surface area contributed by atoms with Crippen LogP contribution in [0.15, 0.2) is 24.3 Å². The maximum Gasteiger partial charge on any atom is 0.164 e. The Bertz CT molecular complexity index is 489. The van der Waals surface area contributed by atoms with Gasteiger partial charge in [0.15, 0.2) is 11.6 Å². The molecule has 3 heteroatoms. The molecule has 3 atom stereocenters. The fourth-order valence-corrected chi connectivity index (χ4v) is 3.09. The molecule has 0 spiro atoms. The van der Waals surface area contributed by atoms with E-state index in [0.717, 1.165) is 6.42 Å². The van der Waals surface area contributed by atoms with Crippen LogP contribution in [-0.2, 0) is 20.7 Å². The van der Waals surface area contributed by atoms with Crippen LogP contribution in [0.4, 0.5) is 0 Å². The van der Waals surface area contributed by atoms with Gasteiger partial charge in [0.05, 0.1) is 6.10 Å². The zero-order valence-corrected chi connectivity index (χ0v) is 11.7. The minimum absolute atomic E-state index is 0.0798. The van der Waals surface area contributed by atoms with Crippen molar-refractivity contribution in [3.05, 3.63) is 35.4 Å². The number of benzene rings is 1. The molecule has 0 unspecified atom stereocenters. The summed E-state index contributed by atoms with van der Waals surface area (Å²) < 4.78 is 11.6. The number of Topliss-reactive ketones (excluding diaryl/α,β-unsaturated/α-hetero) is 1. The van der Waals surface area contributed by atoms with E-state index >= 15 is 0 Å². The normalized spacial score (nSPS) is 32.6. The summed E-state index contributed by atoms with van der Waals surface area (Å²) in [4.78, 5) is 12.0. The van der Waals surface area contributed by atoms with Gasteiger partial charge in [0.1, 0.15) is 6.10 Å². The molecule has 1 aromatic carbocycles. The molecule has 2 fully saturated rings. The van der Waals surface area contributed by atoms with Gasteiger partial charge in [-0.05, 0) is 38.7 Å². The second-order valence-electron chi connectivity index (χ2n) is 6.14. The number of hydrogen-bond donors (Lipinski definition) is 0. The summed E-state index contributed by atoms with van der Waals surface area (Å²) >= 11 is 0. The van der Waals surface area contributed by atoms with Gasteiger partial charge >= 0.3 is 0 Å². The topological polar surface area (TPSA) is 35.5 Å². The van der Waals surface area contributed by atoms with Crippen LogP contribution in [0.5, 0.6) is 0 Å². The first-order valence-corrected chi connectivity index (χ1v) is 6.88. The van der Waals surface area contributed by atoms with Gasteiger partial charge in [0, 0.05) is 6.42 Å². The van der Waals surface area contributed by atoms with Crippen LogP contribution in [0, 0.1) is 12.8 Å². The molecule has 0 aromatic heterocycles. The third-order valence-corrected chi connectivity index (χ3v) is 3.99. The number of aryl methyl sites for hydroxylation is 1. The Morgan fingerprint density at radius 3 is 2.58 bits per heavy atom. The first-order valence-electron chi connectivity index (χ1n) is 6.88. The highest BCUT2D eigenvalue weighted by atomic mass is 16.8. The van der Waals surface area contributed by atoms with Crippen molar-refractivity contribution in [2.75, 3.05) is 0 Å². The van der Waals surface area contributed by atoms with Crippen LogP contribution in [0.2, 0.25) is 0 Å². The molecule has 1 saturated heterocycles. The van der Waals surface area contributed by atoms with Crippen LogP contribution in [-0.4, -0.2) is 23.8 Å². The van der Waals surface area contributed by atoms with Crippen molar-refractivity contribution in [2.24, 2.45) is 5.92 Å². The van der Waals surface area contributed by atoms with Gasteiger partial charge < -0.3 is 9.47 Å². The van der Waals surface area contributed by atoms with E-state index in [4.69, 9.17) is 9.47 Å². The maximum atomic E-state index is 12.0. The molecule has 1 aromatic rings. The summed E-state index contributed by atoms with van der Waals surface area (Å²) in [5.74, 6) is -0.202. The van der Waals surface area contributed by atoms with E-state index in [2.05, 4.69) is 31.2 Å². The molecule has 1 aliphatic heterocycles. The minimum atomic E-state index is -0.628. The van der Waals surface area contributed by atoms with Gasteiger partial charge in [-0.1, -0.05) is 29.8 Å². The number of fused-ring (bicyclic) bond motifs is 1. The fraction of sp³-hybridized carbons (Fsp3) is 0.562. The Balaban J connectivity index is 1.75. The van der Waals surface area contributed by atoms with E-state index in [1.807, 2.05) is 13.8 Å². The predicted molar refractivity (Wildman–Crippen MR) is 71.8 cm³/mol. The van der Waals surface area contributed by atoms with E-state index in [9.17, 15) is 4.79 Å². The largest absolute Gasteiger partial charge is 0.344 e. The summed E-state index contributed by atoms with van der Waals surface area (Å²) in [6.07, 6.45) is 1.01. The third kappa shape index (κ3) is 2.45. The number of carbonyl (C=O) groups excluding carboxylic acids is 1. The highest BCUT2D eigenvalue weighted by molar-refractivity contribution is 5.87. The van der Waals surface area contributed by atoms with Crippen LogP contribution in [0.1, 0.15) is 31.4 Å². The van der Waals surface area contributed by atoms with Crippen molar-refractivity contribution in [3.8, 4) is 0 Å². The molecule has 0 amide bonds. The maximum absolute atomic E-state index is 12.0. The summed E-state index contributed by atoms with van der Waals surface area (Å²) in [5, 5.41) is 0. The van der Waals surface area contributed by atoms with Gasteiger partial charge in [-0.2, -0.15) is 0 Å². The van der Waals surface area contributed by atoms with Crippen molar-refractivity contribution in [1.29, 1.82) is 0 Å². The lowest BCUT2D eigenvalue weighted by molar-refractivity contribution is -0.162. The molecule has 3 nitrogen and oxygen atoms in total. The molecule has 102 valence electrons. The van der Waals surface area contributed by atoms with E-state index in [1.165, 1.54) is 11.1 Å². The quantitative estimate of drug-likeness (QED) is 0.820. The Morgan fingerprint density at radius 1 is 1.21 bits per heavy atom. The standard InChI is InChI=1S/C16H20O3/c1-10-4-6-11(7-5-10)8-12-9-13(17)15-14(12)18-16(2,3)19-15/h4-7,12,14-15H,8-9H2,1-3H3/t12-,14+,15-/m0/s1. The monoisotopic (exact) mass is 260 g/mol. The van der Waals surface area contributed by atoms with Crippen molar-refractivity contribution < 1.29 is 14.3 Å². The molecular weight excluding hydrogens is 240 g/mol. The number of ketones is 1. The smallest absolute Gasteiger partial charge is 0.164 e. The van der Waals surface area contributed by atoms with Crippen LogP contribution >= 0.6 is 0 Å². The van der Waals surface area contributed by atoms with E-state index < -0.39 is 5.79 Å². The molecule has 1 aliphatic carbocycles. The second-order valence-corrected chi connectivity index (χ2v) is 6.14. The number of ether oxygens (including phenoxy) is 2. The van der Waals surface area contributed by atoms with Gasteiger partial charge in [0.25, 0.3) is 0 Å². The third-order valence-electron chi connectivity index (χ3n) is 3.99. The van der Waals surface area contributed by atoms with Crippen LogP contribution in [0.3, 0.4) is 0 Å². The summed E-state index contributed by atoms with van der Waals surface area (Å²) in [6.45, 7) is 5.83. The average molecular weight is 260 g/mol. The molecule has 0 radical (unpaired) electrons. The van der Waals surface area contributed by atoms with Gasteiger partial charge in [-0.3, -0.25) is 4.79 Å². The van der Waals surface area contributed by atoms with Crippen LogP contribution < -0.4 is 0 Å². The van der Waals surface area contributed by atoms with Gasteiger partial charge in [0.2, 0.25) is 0 Å². The minimum Gasteiger partial charge on any atom is -0.344 e. The first-order chi connectivity index (χ1) is 8.94. The molecule has 1 heterocycles. The van der Waals surface area contributed by atoms with Gasteiger partial charge in [-0.15, -0.1) is 0 Å². The van der Waals surface area contributed by atoms with E-state index in [0.29, 0.717) is 6.42 Å². The summed E-state index contributed by atoms with van der Waals surface area (Å²) in [5.41, 5.74) is 2.52. The Kier molecular flexibility index (Phi) is 2.99. The Morgan fingerprint density at radius 2 is 1.89 bits per heavy atom. The van der Waals surface area contributed by atoms with Crippen molar-refractivity contribution >= 4 is 5.78 Å². The van der Waals surface area contributed by atoms with Crippen molar-refractivity contribution in [1.82, 2.24) is 0 Å². The SMILES string of the molecule is Cc1ccc(C[C@H]2CC(=O)[C@@H]3OC(C)(C)O[C@H]23)cc1. The predicted octanol–water partition coefficient (Wildman–Crippen LogP) is 2.65. The Labute approximate surface area is 113 Å². The number of rotatable bonds is 2. The lowest BCUT2D eigenvalue weighted by atomic mass is 9.95. The summed E-state index contributed by atoms with van der Waals surface area (Å²) in [7, 11) is 0. The van der Waals surface area contributed by atoms with E-state index in [-0.39, 0.29) is 23.9 Å².